The van der Waals surface area contributed by atoms with Gasteiger partial charge in [-0.25, -0.2) is 0 Å². The molecule has 0 radical (unpaired) electrons. The fraction of sp³-hybridized carbons (Fsp3) is 0.462. The van der Waals surface area contributed by atoms with Crippen LogP contribution in [-0.2, 0) is 11.3 Å². The van der Waals surface area contributed by atoms with E-state index in [0.29, 0.717) is 24.5 Å². The Morgan fingerprint density at radius 3 is 2.63 bits per heavy atom. The predicted molar refractivity (Wildman–Crippen MR) is 77.4 cm³/mol. The molecule has 0 saturated heterocycles. The van der Waals surface area contributed by atoms with Crippen molar-refractivity contribution in [3.05, 3.63) is 22.2 Å². The van der Waals surface area contributed by atoms with Gasteiger partial charge in [0.1, 0.15) is 0 Å². The number of ether oxygens (including phenoxy) is 2. The predicted octanol–water partition coefficient (Wildman–Crippen LogP) is 1.82. The van der Waals surface area contributed by atoms with Crippen molar-refractivity contribution in [2.45, 2.75) is 25.9 Å². The zero-order valence-corrected chi connectivity index (χ0v) is 12.9. The van der Waals surface area contributed by atoms with Crippen LogP contribution in [0.1, 0.15) is 18.9 Å². The second-order valence-corrected chi connectivity index (χ2v) is 5.12. The first-order valence-electron chi connectivity index (χ1n) is 5.90. The van der Waals surface area contributed by atoms with E-state index in [-0.39, 0.29) is 11.9 Å². The van der Waals surface area contributed by atoms with E-state index in [1.165, 1.54) is 0 Å². The average molecular weight is 331 g/mol. The van der Waals surface area contributed by atoms with Crippen LogP contribution < -0.4 is 20.5 Å². The third-order valence-electron chi connectivity index (χ3n) is 2.66. The molecule has 1 aromatic rings. The lowest BCUT2D eigenvalue weighted by Gasteiger charge is -2.15. The Morgan fingerprint density at radius 1 is 1.42 bits per heavy atom. The highest BCUT2D eigenvalue weighted by Crippen LogP contribution is 2.36. The van der Waals surface area contributed by atoms with Crippen molar-refractivity contribution in [3.8, 4) is 11.5 Å². The van der Waals surface area contributed by atoms with E-state index in [4.69, 9.17) is 15.2 Å². The van der Waals surface area contributed by atoms with E-state index in [0.717, 1.165) is 10.0 Å². The van der Waals surface area contributed by atoms with Gasteiger partial charge in [0, 0.05) is 19.0 Å². The molecule has 0 aliphatic carbocycles. The third-order valence-corrected chi connectivity index (χ3v) is 3.24. The molecule has 0 saturated carbocycles. The Kier molecular flexibility index (Phi) is 6.11. The minimum atomic E-state index is -0.312. The lowest BCUT2D eigenvalue weighted by Crippen LogP contribution is -2.30. The van der Waals surface area contributed by atoms with E-state index in [1.54, 1.807) is 14.2 Å². The summed E-state index contributed by atoms with van der Waals surface area (Å²) in [5, 5.41) is 3.23. The van der Waals surface area contributed by atoms with Gasteiger partial charge in [-0.1, -0.05) is 0 Å². The maximum atomic E-state index is 10.8. The number of primary amides is 1. The molecular formula is C13H19BrN2O3. The van der Waals surface area contributed by atoms with Gasteiger partial charge in [0.2, 0.25) is 5.91 Å². The normalized spacial score (nSPS) is 12.0. The number of amides is 1. The van der Waals surface area contributed by atoms with Crippen molar-refractivity contribution < 1.29 is 14.3 Å². The summed E-state index contributed by atoms with van der Waals surface area (Å²) in [5.74, 6) is 1.01. The van der Waals surface area contributed by atoms with Crippen LogP contribution in [0.2, 0.25) is 0 Å². The monoisotopic (exact) mass is 330 g/mol. The molecule has 0 bridgehead atoms. The molecule has 0 aliphatic rings. The zero-order valence-electron chi connectivity index (χ0n) is 11.3. The molecule has 0 aromatic heterocycles. The number of rotatable bonds is 7. The molecule has 1 rings (SSSR count). The number of carbonyl (C=O) groups is 1. The minimum absolute atomic E-state index is 0.0318. The minimum Gasteiger partial charge on any atom is -0.493 e. The highest BCUT2D eigenvalue weighted by molar-refractivity contribution is 9.10. The number of hydrogen-bond acceptors (Lipinski definition) is 4. The molecule has 1 amide bonds. The van der Waals surface area contributed by atoms with E-state index in [2.05, 4.69) is 21.2 Å². The molecule has 5 nitrogen and oxygen atoms in total. The molecule has 19 heavy (non-hydrogen) atoms. The summed E-state index contributed by atoms with van der Waals surface area (Å²) < 4.78 is 11.3. The summed E-state index contributed by atoms with van der Waals surface area (Å²) in [6, 6.07) is 3.88. The van der Waals surface area contributed by atoms with Crippen LogP contribution >= 0.6 is 15.9 Å². The van der Waals surface area contributed by atoms with Crippen LogP contribution in [0.5, 0.6) is 11.5 Å². The fourth-order valence-corrected chi connectivity index (χ4v) is 2.39. The van der Waals surface area contributed by atoms with Crippen LogP contribution in [0, 0.1) is 0 Å². The van der Waals surface area contributed by atoms with Gasteiger partial charge in [0.05, 0.1) is 18.7 Å². The quantitative estimate of drug-likeness (QED) is 0.799. The molecule has 1 atom stereocenters. The van der Waals surface area contributed by atoms with Crippen LogP contribution in [-0.4, -0.2) is 26.2 Å². The first-order chi connectivity index (χ1) is 8.97. The topological polar surface area (TPSA) is 73.6 Å². The number of benzene rings is 1. The molecule has 3 N–H and O–H groups in total. The summed E-state index contributed by atoms with van der Waals surface area (Å²) >= 11 is 3.44. The molecule has 0 heterocycles. The Morgan fingerprint density at radius 2 is 2.11 bits per heavy atom. The molecule has 0 aliphatic heterocycles. The van der Waals surface area contributed by atoms with E-state index >= 15 is 0 Å². The first kappa shape index (κ1) is 15.8. The summed E-state index contributed by atoms with van der Waals surface area (Å²) in [6.07, 6.45) is 0.314. The van der Waals surface area contributed by atoms with Gasteiger partial charge in [0.25, 0.3) is 0 Å². The molecule has 0 fully saturated rings. The number of carbonyl (C=O) groups excluding carboxylic acids is 1. The van der Waals surface area contributed by atoms with E-state index in [9.17, 15) is 4.79 Å². The second-order valence-electron chi connectivity index (χ2n) is 4.27. The average Bonchev–Trinajstić information content (AvgIpc) is 2.34. The molecular weight excluding hydrogens is 312 g/mol. The summed E-state index contributed by atoms with van der Waals surface area (Å²) in [4.78, 5) is 10.8. The highest BCUT2D eigenvalue weighted by Gasteiger charge is 2.11. The lowest BCUT2D eigenvalue weighted by molar-refractivity contribution is -0.118. The number of hydrogen-bond donors (Lipinski definition) is 2. The van der Waals surface area contributed by atoms with Gasteiger partial charge in [-0.2, -0.15) is 0 Å². The van der Waals surface area contributed by atoms with Crippen LogP contribution in [0.15, 0.2) is 16.6 Å². The highest BCUT2D eigenvalue weighted by atomic mass is 79.9. The van der Waals surface area contributed by atoms with Gasteiger partial charge in [-0.3, -0.25) is 4.79 Å². The van der Waals surface area contributed by atoms with Crippen molar-refractivity contribution in [1.29, 1.82) is 0 Å². The first-order valence-corrected chi connectivity index (χ1v) is 6.69. The zero-order chi connectivity index (χ0) is 14.4. The Bertz CT molecular complexity index is 452. The number of nitrogens with two attached hydrogens (primary N) is 1. The van der Waals surface area contributed by atoms with E-state index in [1.807, 2.05) is 19.1 Å². The van der Waals surface area contributed by atoms with Gasteiger partial charge in [-0.05, 0) is 40.5 Å². The maximum absolute atomic E-state index is 10.8. The number of halogens is 1. The van der Waals surface area contributed by atoms with Crippen LogP contribution in [0.25, 0.3) is 0 Å². The van der Waals surface area contributed by atoms with Gasteiger partial charge in [-0.15, -0.1) is 0 Å². The fourth-order valence-electron chi connectivity index (χ4n) is 1.74. The maximum Gasteiger partial charge on any atom is 0.218 e. The summed E-state index contributed by atoms with van der Waals surface area (Å²) in [7, 11) is 3.19. The SMILES string of the molecule is COc1cc(CNC(C)CC(N)=O)cc(Br)c1OC. The molecule has 1 aromatic carbocycles. The van der Waals surface area contributed by atoms with Crippen LogP contribution in [0.4, 0.5) is 0 Å². The van der Waals surface area contributed by atoms with E-state index < -0.39 is 0 Å². The largest absolute Gasteiger partial charge is 0.493 e. The van der Waals surface area contributed by atoms with Crippen molar-refractivity contribution in [2.75, 3.05) is 14.2 Å². The Hall–Kier alpha value is -1.27. The third kappa shape index (κ3) is 4.72. The number of methoxy groups -OCH3 is 2. The summed E-state index contributed by atoms with van der Waals surface area (Å²) in [6.45, 7) is 2.54. The van der Waals surface area contributed by atoms with Gasteiger partial charge in [0.15, 0.2) is 11.5 Å². The van der Waals surface area contributed by atoms with Crippen LogP contribution in [0.3, 0.4) is 0 Å². The Balaban J connectivity index is 2.74. The second kappa shape index (κ2) is 7.35. The van der Waals surface area contributed by atoms with Crippen molar-refractivity contribution in [2.24, 2.45) is 5.73 Å². The standard InChI is InChI=1S/C13H19BrN2O3/c1-8(4-12(15)17)16-7-9-5-10(14)13(19-3)11(6-9)18-2/h5-6,8,16H,4,7H2,1-3H3,(H2,15,17). The molecule has 6 heteroatoms. The molecule has 0 spiro atoms. The number of nitrogens with one attached hydrogen (secondary N) is 1. The van der Waals surface area contributed by atoms with Crippen molar-refractivity contribution >= 4 is 21.8 Å². The Labute approximate surface area is 121 Å². The summed E-state index contributed by atoms with van der Waals surface area (Å²) in [5.41, 5.74) is 6.18. The molecule has 106 valence electrons. The van der Waals surface area contributed by atoms with Crippen molar-refractivity contribution in [3.63, 3.8) is 0 Å². The van der Waals surface area contributed by atoms with Gasteiger partial charge < -0.3 is 20.5 Å². The lowest BCUT2D eigenvalue weighted by atomic mass is 10.1. The molecule has 1 unspecified atom stereocenters. The smallest absolute Gasteiger partial charge is 0.218 e. The van der Waals surface area contributed by atoms with Gasteiger partial charge >= 0.3 is 0 Å². The van der Waals surface area contributed by atoms with Crippen molar-refractivity contribution in [1.82, 2.24) is 5.32 Å².